The lowest BCUT2D eigenvalue weighted by atomic mass is 9.98. The molecule has 13 nitrogen and oxygen atoms in total. The van der Waals surface area contributed by atoms with Gasteiger partial charge in [-0.15, -0.1) is 0 Å². The van der Waals surface area contributed by atoms with E-state index in [2.05, 4.69) is 17.9 Å². The first-order valence-corrected chi connectivity index (χ1v) is 12.9. The summed E-state index contributed by atoms with van der Waals surface area (Å²) in [6, 6.07) is 6.77. The van der Waals surface area contributed by atoms with E-state index in [0.29, 0.717) is 37.3 Å². The molecular formula is C24H35NO12S. The molecule has 2 saturated heterocycles. The fourth-order valence-corrected chi connectivity index (χ4v) is 4.32. The highest BCUT2D eigenvalue weighted by Crippen LogP contribution is 2.30. The van der Waals surface area contributed by atoms with Crippen molar-refractivity contribution in [2.24, 2.45) is 0 Å². The number of carbonyl (C=O) groups excluding carboxylic acids is 1. The second-order valence-electron chi connectivity index (χ2n) is 9.13. The van der Waals surface area contributed by atoms with E-state index in [0.717, 1.165) is 5.56 Å². The summed E-state index contributed by atoms with van der Waals surface area (Å²) in [4.78, 5) is 23.0. The highest BCUT2D eigenvalue weighted by molar-refractivity contribution is 7.80. The molecule has 38 heavy (non-hydrogen) atoms. The summed E-state index contributed by atoms with van der Waals surface area (Å²) < 4.78 is 21.9. The van der Waals surface area contributed by atoms with Gasteiger partial charge >= 0.3 is 5.97 Å². The van der Waals surface area contributed by atoms with Gasteiger partial charge in [0.15, 0.2) is 12.4 Å². The van der Waals surface area contributed by atoms with Gasteiger partial charge in [0.1, 0.15) is 36.3 Å². The molecule has 1 amide bonds. The van der Waals surface area contributed by atoms with Crippen LogP contribution in [0.15, 0.2) is 24.3 Å². The molecule has 2 aliphatic rings. The predicted molar refractivity (Wildman–Crippen MR) is 132 cm³/mol. The number of carboxylic acids is 1. The number of carboxylic acid groups (broad SMARTS) is 1. The van der Waals surface area contributed by atoms with Crippen molar-refractivity contribution < 1.29 is 59.2 Å². The van der Waals surface area contributed by atoms with Crippen LogP contribution in [0.5, 0.6) is 5.75 Å². The fourth-order valence-electron chi connectivity index (χ4n) is 4.16. The van der Waals surface area contributed by atoms with Gasteiger partial charge in [-0.05, 0) is 36.3 Å². The van der Waals surface area contributed by atoms with Crippen LogP contribution in [0, 0.1) is 0 Å². The summed E-state index contributed by atoms with van der Waals surface area (Å²) in [6.45, 7) is -0.198. The minimum atomic E-state index is -1.68. The molecule has 9 atom stereocenters. The Hall–Kier alpha value is -2.01. The van der Waals surface area contributed by atoms with Crippen molar-refractivity contribution >= 4 is 24.5 Å². The monoisotopic (exact) mass is 561 g/mol. The second-order valence-corrected chi connectivity index (χ2v) is 9.58. The Morgan fingerprint density at radius 3 is 2.37 bits per heavy atom. The van der Waals surface area contributed by atoms with Crippen molar-refractivity contribution in [3.05, 3.63) is 29.8 Å². The van der Waals surface area contributed by atoms with Crippen LogP contribution in [0.1, 0.15) is 24.8 Å². The van der Waals surface area contributed by atoms with E-state index >= 15 is 0 Å². The van der Waals surface area contributed by atoms with Crippen LogP contribution in [0.2, 0.25) is 0 Å². The Kier molecular flexibility index (Phi) is 11.6. The number of nitrogens with one attached hydrogen (secondary N) is 1. The third-order valence-corrected chi connectivity index (χ3v) is 6.57. The quantitative estimate of drug-likeness (QED) is 0.133. The number of benzene rings is 1. The number of thiol groups is 1. The van der Waals surface area contributed by atoms with E-state index in [9.17, 15) is 40.2 Å². The van der Waals surface area contributed by atoms with Crippen LogP contribution in [-0.2, 0) is 30.2 Å². The van der Waals surface area contributed by atoms with Gasteiger partial charge in [0, 0.05) is 19.4 Å². The van der Waals surface area contributed by atoms with Crippen LogP contribution in [0.3, 0.4) is 0 Å². The van der Waals surface area contributed by atoms with Gasteiger partial charge in [-0.1, -0.05) is 12.1 Å². The van der Waals surface area contributed by atoms with Crippen LogP contribution >= 0.6 is 12.6 Å². The Balaban J connectivity index is 1.61. The third kappa shape index (κ3) is 8.00. The van der Waals surface area contributed by atoms with Crippen molar-refractivity contribution in [3.63, 3.8) is 0 Å². The molecule has 1 aromatic rings. The zero-order chi connectivity index (χ0) is 27.8. The summed E-state index contributed by atoms with van der Waals surface area (Å²) in [5.41, 5.74) is 0.917. The molecule has 0 bridgehead atoms. The van der Waals surface area contributed by atoms with Gasteiger partial charge in [0.25, 0.3) is 0 Å². The molecule has 0 spiro atoms. The minimum Gasteiger partial charge on any atom is -0.479 e. The molecule has 2 aliphatic heterocycles. The second kappa shape index (κ2) is 14.4. The maximum atomic E-state index is 11.7. The molecule has 4 unspecified atom stereocenters. The number of hydrogen-bond acceptors (Lipinski definition) is 12. The van der Waals surface area contributed by atoms with Crippen LogP contribution < -0.4 is 10.1 Å². The first kappa shape index (κ1) is 30.5. The Labute approximate surface area is 224 Å². The van der Waals surface area contributed by atoms with E-state index in [4.69, 9.17) is 18.9 Å². The van der Waals surface area contributed by atoms with Crippen molar-refractivity contribution in [2.45, 2.75) is 81.0 Å². The number of carbonyl (C=O) groups is 2. The van der Waals surface area contributed by atoms with E-state index in [1.54, 1.807) is 24.3 Å². The van der Waals surface area contributed by atoms with Gasteiger partial charge in [-0.3, -0.25) is 4.79 Å². The molecule has 0 aliphatic carbocycles. The minimum absolute atomic E-state index is 0.0411. The van der Waals surface area contributed by atoms with Crippen LogP contribution in [0.4, 0.5) is 0 Å². The van der Waals surface area contributed by atoms with Gasteiger partial charge in [0.05, 0.1) is 12.7 Å². The van der Waals surface area contributed by atoms with E-state index in [1.165, 1.54) is 0 Å². The molecule has 7 N–H and O–H groups in total. The lowest BCUT2D eigenvalue weighted by Gasteiger charge is -2.44. The normalized spacial score (nSPS) is 33.5. The lowest BCUT2D eigenvalue weighted by molar-refractivity contribution is -0.337. The predicted octanol–water partition coefficient (Wildman–Crippen LogP) is -1.82. The highest BCUT2D eigenvalue weighted by atomic mass is 32.1. The van der Waals surface area contributed by atoms with E-state index < -0.39 is 67.9 Å². The zero-order valence-corrected chi connectivity index (χ0v) is 21.4. The van der Waals surface area contributed by atoms with Crippen molar-refractivity contribution in [3.8, 4) is 5.75 Å². The Bertz CT molecular complexity index is 905. The molecule has 2 fully saturated rings. The molecular weight excluding hydrogens is 526 g/mol. The van der Waals surface area contributed by atoms with Crippen molar-refractivity contribution in [1.29, 1.82) is 0 Å². The average Bonchev–Trinajstić information content (AvgIpc) is 2.88. The largest absolute Gasteiger partial charge is 0.479 e. The summed E-state index contributed by atoms with van der Waals surface area (Å²) in [5, 5.41) is 63.2. The van der Waals surface area contributed by atoms with Gasteiger partial charge < -0.3 is 54.9 Å². The molecule has 1 aromatic carbocycles. The number of ether oxygens (including phenoxy) is 4. The molecule has 0 radical (unpaired) electrons. The summed E-state index contributed by atoms with van der Waals surface area (Å²) in [6.07, 6.45) is -12.2. The summed E-state index contributed by atoms with van der Waals surface area (Å²) in [7, 11) is 0. The molecule has 214 valence electrons. The summed E-state index contributed by atoms with van der Waals surface area (Å²) >= 11 is 4.08. The van der Waals surface area contributed by atoms with Gasteiger partial charge in [-0.25, -0.2) is 4.79 Å². The van der Waals surface area contributed by atoms with Crippen LogP contribution in [-0.4, -0.2) is 117 Å². The highest BCUT2D eigenvalue weighted by Gasteiger charge is 2.50. The van der Waals surface area contributed by atoms with E-state index in [-0.39, 0.29) is 12.3 Å². The Morgan fingerprint density at radius 2 is 1.74 bits per heavy atom. The maximum Gasteiger partial charge on any atom is 0.335 e. The average molecular weight is 562 g/mol. The Morgan fingerprint density at radius 1 is 1.03 bits per heavy atom. The smallest absolute Gasteiger partial charge is 0.335 e. The zero-order valence-electron chi connectivity index (χ0n) is 20.5. The number of aliphatic hydroxyl groups excluding tert-OH is 5. The third-order valence-electron chi connectivity index (χ3n) is 6.26. The standard InChI is InChI=1S/C24H35NO12S/c26-11-16-18(30)21(37-23-15(28)10-14(27)20(36-23)22(32)33)19(31)24(35-16)34-13-5-3-12(4-6-13)7-8-25-17(29)2-1-9-38/h3-6,14-16,18-21,23-24,26-28,30-31,38H,1-2,7-11H2,(H,25,29)(H,32,33)/t14-,15?,16?,18-,19?,20?,21-,23-,24+/m0/s1. The topological polar surface area (TPSA) is 204 Å². The number of aliphatic carboxylic acids is 1. The number of aliphatic hydroxyl groups is 5. The van der Waals surface area contributed by atoms with Crippen molar-refractivity contribution in [1.82, 2.24) is 5.32 Å². The molecule has 0 aromatic heterocycles. The lowest BCUT2D eigenvalue weighted by Crippen LogP contribution is -2.63. The number of amides is 1. The van der Waals surface area contributed by atoms with Gasteiger partial charge in [0.2, 0.25) is 12.2 Å². The van der Waals surface area contributed by atoms with Gasteiger partial charge in [-0.2, -0.15) is 12.6 Å². The SMILES string of the molecule is O=C(CCCS)NCCc1ccc(O[C@@H]2OC(CO)[C@H](O)[C@H](O[C@@H]3OC(C(=O)O)[C@@H](O)CC3O)C2O)cc1. The molecule has 2 heterocycles. The maximum absolute atomic E-state index is 11.7. The summed E-state index contributed by atoms with van der Waals surface area (Å²) in [5.74, 6) is -0.573. The molecule has 14 heteroatoms. The van der Waals surface area contributed by atoms with Crippen LogP contribution in [0.25, 0.3) is 0 Å². The first-order chi connectivity index (χ1) is 18.1. The van der Waals surface area contributed by atoms with Crippen molar-refractivity contribution in [2.75, 3.05) is 18.9 Å². The molecule has 3 rings (SSSR count). The number of hydrogen-bond donors (Lipinski definition) is 8. The first-order valence-electron chi connectivity index (χ1n) is 12.3. The fraction of sp³-hybridized carbons (Fsp3) is 0.667. The van der Waals surface area contributed by atoms with E-state index in [1.807, 2.05) is 0 Å². The number of rotatable bonds is 12. The molecule has 0 saturated carbocycles.